The van der Waals surface area contributed by atoms with Crippen molar-refractivity contribution < 1.29 is 9.09 Å². The van der Waals surface area contributed by atoms with Crippen molar-refractivity contribution in [1.29, 1.82) is 0 Å². The minimum atomic E-state index is -1.85. The lowest BCUT2D eigenvalue weighted by atomic mass is 10.3. The van der Waals surface area contributed by atoms with Gasteiger partial charge in [-0.1, -0.05) is 13.0 Å². The second-order valence-corrected chi connectivity index (χ2v) is 4.77. The monoisotopic (exact) mass is 176 g/mol. The van der Waals surface area contributed by atoms with Crippen LogP contribution in [0.1, 0.15) is 27.2 Å². The molecule has 0 saturated heterocycles. The van der Waals surface area contributed by atoms with E-state index >= 15 is 0 Å². The summed E-state index contributed by atoms with van der Waals surface area (Å²) in [6, 6.07) is 0. The molecule has 2 nitrogen and oxygen atoms in total. The predicted octanol–water partition coefficient (Wildman–Crippen LogP) is 2.85. The maximum absolute atomic E-state index is 11.3. The fourth-order valence-corrected chi connectivity index (χ4v) is 1.75. The molecule has 0 aliphatic carbocycles. The highest BCUT2D eigenvalue weighted by Crippen LogP contribution is 2.32. The van der Waals surface area contributed by atoms with Crippen molar-refractivity contribution in [1.82, 2.24) is 0 Å². The molecule has 0 fully saturated rings. The molecular weight excluding hydrogens is 159 g/mol. The average Bonchev–Trinajstić information content (AvgIpc) is 1.86. The summed E-state index contributed by atoms with van der Waals surface area (Å²) in [6.07, 6.45) is 2.61. The van der Waals surface area contributed by atoms with Crippen LogP contribution >= 0.6 is 8.03 Å². The molecule has 11 heavy (non-hydrogen) atoms. The Balaban J connectivity index is 3.72. The molecule has 0 bridgehead atoms. The van der Waals surface area contributed by atoms with E-state index in [1.807, 2.05) is 20.8 Å². The van der Waals surface area contributed by atoms with Gasteiger partial charge in [-0.2, -0.15) is 0 Å². The summed E-state index contributed by atoms with van der Waals surface area (Å²) in [5.74, 6) is 0. The molecule has 66 valence electrons. The zero-order chi connectivity index (χ0) is 8.85. The summed E-state index contributed by atoms with van der Waals surface area (Å²) >= 11 is 0. The Labute approximate surface area is 69.5 Å². The van der Waals surface area contributed by atoms with E-state index in [1.54, 1.807) is 6.08 Å². The summed E-state index contributed by atoms with van der Waals surface area (Å²) in [5.41, 5.74) is 0.125. The second-order valence-electron chi connectivity index (χ2n) is 2.91. The largest absolute Gasteiger partial charge is 0.328 e. The molecule has 0 spiro atoms. The predicted molar refractivity (Wildman–Crippen MR) is 49.5 cm³/mol. The molecule has 0 aliphatic rings. The fraction of sp³-hybridized carbons (Fsp3) is 0.750. The first-order valence-electron chi connectivity index (χ1n) is 3.89. The first kappa shape index (κ1) is 10.9. The van der Waals surface area contributed by atoms with Gasteiger partial charge in [-0.05, 0) is 20.3 Å². The maximum Gasteiger partial charge on any atom is 0.194 e. The molecule has 0 N–H and O–H groups in total. The lowest BCUT2D eigenvalue weighted by Crippen LogP contribution is -2.01. The molecule has 2 atom stereocenters. The molecule has 0 aromatic heterocycles. The van der Waals surface area contributed by atoms with Crippen LogP contribution in [-0.4, -0.2) is 11.8 Å². The molecule has 0 saturated carbocycles. The topological polar surface area (TPSA) is 26.3 Å². The third kappa shape index (κ3) is 5.23. The van der Waals surface area contributed by atoms with Gasteiger partial charge in [-0.15, -0.1) is 6.58 Å². The average molecular weight is 176 g/mol. The van der Waals surface area contributed by atoms with Gasteiger partial charge < -0.3 is 4.52 Å². The number of allylic oxidation sites excluding steroid dienone is 1. The highest BCUT2D eigenvalue weighted by Gasteiger charge is 2.10. The van der Waals surface area contributed by atoms with E-state index in [-0.39, 0.29) is 11.8 Å². The SMILES string of the molecule is C=CCC(C)[PH](=O)OC(C)C. The first-order chi connectivity index (χ1) is 5.07. The van der Waals surface area contributed by atoms with Gasteiger partial charge in [0.1, 0.15) is 0 Å². The van der Waals surface area contributed by atoms with Gasteiger partial charge in [-0.25, -0.2) is 0 Å². The van der Waals surface area contributed by atoms with Crippen LogP contribution in [-0.2, 0) is 9.09 Å². The summed E-state index contributed by atoms with van der Waals surface area (Å²) in [7, 11) is -1.85. The highest BCUT2D eigenvalue weighted by molar-refractivity contribution is 7.40. The molecule has 0 aromatic rings. The molecule has 0 aliphatic heterocycles. The molecule has 0 radical (unpaired) electrons. The van der Waals surface area contributed by atoms with Gasteiger partial charge in [0.25, 0.3) is 0 Å². The molecule has 0 aromatic carbocycles. The number of hydrogen-bond donors (Lipinski definition) is 0. The van der Waals surface area contributed by atoms with Gasteiger partial charge in [-0.3, -0.25) is 4.57 Å². The third-order valence-electron chi connectivity index (χ3n) is 1.27. The quantitative estimate of drug-likeness (QED) is 0.475. The summed E-state index contributed by atoms with van der Waals surface area (Å²) in [5, 5.41) is 0. The van der Waals surface area contributed by atoms with Gasteiger partial charge >= 0.3 is 0 Å². The molecule has 0 amide bonds. The van der Waals surface area contributed by atoms with Crippen LogP contribution in [0.5, 0.6) is 0 Å². The zero-order valence-electron chi connectivity index (χ0n) is 7.46. The Morgan fingerprint density at radius 2 is 2.09 bits per heavy atom. The van der Waals surface area contributed by atoms with E-state index in [4.69, 9.17) is 4.52 Å². The summed E-state index contributed by atoms with van der Waals surface area (Å²) in [4.78, 5) is 0. The van der Waals surface area contributed by atoms with E-state index < -0.39 is 8.03 Å². The van der Waals surface area contributed by atoms with Crippen LogP contribution in [0.25, 0.3) is 0 Å². The lowest BCUT2D eigenvalue weighted by Gasteiger charge is -2.11. The Kier molecular flexibility index (Phi) is 5.53. The van der Waals surface area contributed by atoms with E-state index in [1.165, 1.54) is 0 Å². The molecule has 0 heterocycles. The Hall–Kier alpha value is -0.0700. The minimum Gasteiger partial charge on any atom is -0.328 e. The summed E-state index contributed by atoms with van der Waals surface area (Å²) < 4.78 is 16.4. The van der Waals surface area contributed by atoms with E-state index in [0.717, 1.165) is 6.42 Å². The van der Waals surface area contributed by atoms with Gasteiger partial charge in [0.15, 0.2) is 8.03 Å². The first-order valence-corrected chi connectivity index (χ1v) is 5.28. The van der Waals surface area contributed by atoms with Gasteiger partial charge in [0.05, 0.1) is 6.10 Å². The van der Waals surface area contributed by atoms with Crippen LogP contribution in [0.15, 0.2) is 12.7 Å². The summed E-state index contributed by atoms with van der Waals surface area (Å²) in [6.45, 7) is 9.29. The molecular formula is C8H17O2P. The van der Waals surface area contributed by atoms with Crippen molar-refractivity contribution in [2.45, 2.75) is 39.0 Å². The molecule has 0 rings (SSSR count). The zero-order valence-corrected chi connectivity index (χ0v) is 8.46. The fourth-order valence-electron chi connectivity index (χ4n) is 0.695. The van der Waals surface area contributed by atoms with Gasteiger partial charge in [0, 0.05) is 5.66 Å². The third-order valence-corrected chi connectivity index (χ3v) is 3.02. The van der Waals surface area contributed by atoms with E-state index in [9.17, 15) is 4.57 Å². The minimum absolute atomic E-state index is 0.0636. The second kappa shape index (κ2) is 5.56. The van der Waals surface area contributed by atoms with Crippen molar-refractivity contribution in [3.8, 4) is 0 Å². The van der Waals surface area contributed by atoms with Crippen LogP contribution in [0.3, 0.4) is 0 Å². The number of rotatable bonds is 5. The molecule has 2 unspecified atom stereocenters. The van der Waals surface area contributed by atoms with Crippen molar-refractivity contribution in [2.24, 2.45) is 0 Å². The van der Waals surface area contributed by atoms with Crippen molar-refractivity contribution >= 4 is 8.03 Å². The van der Waals surface area contributed by atoms with Crippen LogP contribution < -0.4 is 0 Å². The Bertz CT molecular complexity index is 143. The van der Waals surface area contributed by atoms with Crippen molar-refractivity contribution in [3.05, 3.63) is 12.7 Å². The van der Waals surface area contributed by atoms with E-state index in [2.05, 4.69) is 6.58 Å². The standard InChI is InChI=1S/C8H17O2P/c1-5-6-8(4)11(9)10-7(2)3/h5,7-8,11H,1,6H2,2-4H3. The van der Waals surface area contributed by atoms with E-state index in [0.29, 0.717) is 0 Å². The maximum atomic E-state index is 11.3. The Morgan fingerprint density at radius 1 is 1.55 bits per heavy atom. The van der Waals surface area contributed by atoms with Crippen LogP contribution in [0.2, 0.25) is 0 Å². The smallest absolute Gasteiger partial charge is 0.194 e. The highest BCUT2D eigenvalue weighted by atomic mass is 31.1. The Morgan fingerprint density at radius 3 is 2.45 bits per heavy atom. The normalized spacial score (nSPS) is 16.4. The number of hydrogen-bond acceptors (Lipinski definition) is 2. The van der Waals surface area contributed by atoms with Crippen molar-refractivity contribution in [3.63, 3.8) is 0 Å². The van der Waals surface area contributed by atoms with Crippen LogP contribution in [0, 0.1) is 0 Å². The van der Waals surface area contributed by atoms with Gasteiger partial charge in [0.2, 0.25) is 0 Å². The lowest BCUT2D eigenvalue weighted by molar-refractivity contribution is 0.252. The molecule has 3 heteroatoms. The van der Waals surface area contributed by atoms with Crippen molar-refractivity contribution in [2.75, 3.05) is 0 Å². The van der Waals surface area contributed by atoms with Crippen LogP contribution in [0.4, 0.5) is 0 Å².